The molecule has 0 aromatic heterocycles. The normalized spacial score (nSPS) is 15.2. The molecule has 1 saturated heterocycles. The van der Waals surface area contributed by atoms with Crippen LogP contribution in [0.15, 0.2) is 48.5 Å². The lowest BCUT2D eigenvalue weighted by Gasteiger charge is -2.35. The summed E-state index contributed by atoms with van der Waals surface area (Å²) in [7, 11) is 3.28. The van der Waals surface area contributed by atoms with Crippen molar-refractivity contribution < 1.29 is 19.1 Å². The maximum Gasteiger partial charge on any atom is 0.225 e. The van der Waals surface area contributed by atoms with Crippen LogP contribution in [-0.2, 0) is 16.0 Å². The van der Waals surface area contributed by atoms with Gasteiger partial charge in [-0.15, -0.1) is 0 Å². The van der Waals surface area contributed by atoms with Crippen molar-refractivity contribution in [3.05, 3.63) is 59.7 Å². The molecule has 32 heavy (non-hydrogen) atoms. The molecule has 1 fully saturated rings. The minimum atomic E-state index is -0.348. The third-order valence-corrected chi connectivity index (χ3v) is 5.88. The van der Waals surface area contributed by atoms with Crippen LogP contribution in [0.25, 0.3) is 0 Å². The number of benzene rings is 2. The lowest BCUT2D eigenvalue weighted by molar-refractivity contribution is -0.133. The highest BCUT2D eigenvalue weighted by Crippen LogP contribution is 2.22. The molecule has 2 aromatic carbocycles. The van der Waals surface area contributed by atoms with Gasteiger partial charge in [0.05, 0.1) is 26.7 Å². The molecule has 1 N–H and O–H groups in total. The molecule has 1 heterocycles. The summed E-state index contributed by atoms with van der Waals surface area (Å²) in [5, 5.41) is 2.91. The average molecular weight is 440 g/mol. The molecule has 3 rings (SSSR count). The van der Waals surface area contributed by atoms with Gasteiger partial charge >= 0.3 is 0 Å². The Balaban J connectivity index is 1.49. The van der Waals surface area contributed by atoms with Gasteiger partial charge in [0, 0.05) is 39.6 Å². The van der Waals surface area contributed by atoms with E-state index in [1.165, 1.54) is 12.5 Å². The highest BCUT2D eigenvalue weighted by Gasteiger charge is 2.24. The minimum Gasteiger partial charge on any atom is -0.497 e. The third kappa shape index (κ3) is 6.72. The number of hydrogen-bond donors (Lipinski definition) is 1. The maximum absolute atomic E-state index is 13.0. The first-order valence-corrected chi connectivity index (χ1v) is 11.0. The van der Waals surface area contributed by atoms with Gasteiger partial charge in [-0.1, -0.05) is 24.3 Å². The number of nitrogens with zero attached hydrogens (tertiary/aromatic N) is 2. The number of ether oxygens (including phenoxy) is 2. The van der Waals surface area contributed by atoms with Crippen LogP contribution < -0.4 is 14.8 Å². The van der Waals surface area contributed by atoms with Crippen LogP contribution in [0.1, 0.15) is 30.5 Å². The summed E-state index contributed by atoms with van der Waals surface area (Å²) in [4.78, 5) is 29.0. The second kappa shape index (κ2) is 11.5. The van der Waals surface area contributed by atoms with Gasteiger partial charge < -0.3 is 19.7 Å². The zero-order valence-electron chi connectivity index (χ0n) is 19.2. The predicted octanol–water partition coefficient (Wildman–Crippen LogP) is 2.66. The predicted molar refractivity (Wildman–Crippen MR) is 124 cm³/mol. The van der Waals surface area contributed by atoms with E-state index in [1.54, 1.807) is 14.2 Å². The molecule has 0 saturated carbocycles. The van der Waals surface area contributed by atoms with Crippen LogP contribution in [0.2, 0.25) is 0 Å². The van der Waals surface area contributed by atoms with Crippen molar-refractivity contribution in [3.63, 3.8) is 0 Å². The molecular formula is C25H33N3O4. The Hall–Kier alpha value is -3.06. The van der Waals surface area contributed by atoms with Crippen LogP contribution in [0.4, 0.5) is 0 Å². The van der Waals surface area contributed by atoms with Gasteiger partial charge in [-0.2, -0.15) is 0 Å². The lowest BCUT2D eigenvalue weighted by atomic mass is 10.0. The fourth-order valence-electron chi connectivity index (χ4n) is 3.94. The molecule has 1 aliphatic rings. The second-order valence-corrected chi connectivity index (χ2v) is 8.05. The van der Waals surface area contributed by atoms with Crippen molar-refractivity contribution in [2.24, 2.45) is 0 Å². The van der Waals surface area contributed by atoms with Gasteiger partial charge in [0.1, 0.15) is 11.5 Å². The molecule has 7 nitrogen and oxygen atoms in total. The molecule has 7 heteroatoms. The molecule has 1 aliphatic heterocycles. The molecule has 0 spiro atoms. The van der Waals surface area contributed by atoms with E-state index in [0.717, 1.165) is 43.1 Å². The third-order valence-electron chi connectivity index (χ3n) is 5.88. The summed E-state index contributed by atoms with van der Waals surface area (Å²) in [6.07, 6.45) is 1.22. The SMILES string of the molecule is COc1ccc(CCN2CCN(C(=O)CC(NC(C)=O)c3ccc(OC)cc3)CC2)cc1. The van der Waals surface area contributed by atoms with Gasteiger partial charge in [-0.3, -0.25) is 14.5 Å². The fraction of sp³-hybridized carbons (Fsp3) is 0.440. The monoisotopic (exact) mass is 439 g/mol. The minimum absolute atomic E-state index is 0.0642. The number of carbonyl (C=O) groups excluding carboxylic acids is 2. The van der Waals surface area contributed by atoms with Gasteiger partial charge in [-0.05, 0) is 41.8 Å². The van der Waals surface area contributed by atoms with Crippen molar-refractivity contribution in [1.82, 2.24) is 15.1 Å². The highest BCUT2D eigenvalue weighted by molar-refractivity contribution is 5.79. The number of piperazine rings is 1. The number of rotatable bonds is 9. The fourth-order valence-corrected chi connectivity index (χ4v) is 3.94. The standard InChI is InChI=1S/C25H33N3O4/c1-19(29)26-24(21-6-10-23(32-3)11-7-21)18-25(30)28-16-14-27(15-17-28)13-12-20-4-8-22(31-2)9-5-20/h4-11,24H,12-18H2,1-3H3,(H,26,29). The average Bonchev–Trinajstić information content (AvgIpc) is 2.82. The van der Waals surface area contributed by atoms with E-state index in [1.807, 2.05) is 41.3 Å². The number of hydrogen-bond acceptors (Lipinski definition) is 5. The van der Waals surface area contributed by atoms with E-state index < -0.39 is 0 Å². The molecule has 0 radical (unpaired) electrons. The van der Waals surface area contributed by atoms with Crippen molar-refractivity contribution in [3.8, 4) is 11.5 Å². The van der Waals surface area contributed by atoms with Gasteiger partial charge in [0.15, 0.2) is 0 Å². The van der Waals surface area contributed by atoms with Crippen LogP contribution in [0.5, 0.6) is 11.5 Å². The van der Waals surface area contributed by atoms with E-state index >= 15 is 0 Å². The molecule has 2 amide bonds. The summed E-state index contributed by atoms with van der Waals surface area (Å²) in [5.41, 5.74) is 2.18. The van der Waals surface area contributed by atoms with E-state index in [4.69, 9.17) is 9.47 Å². The summed E-state index contributed by atoms with van der Waals surface area (Å²) in [5.74, 6) is 1.52. The summed E-state index contributed by atoms with van der Waals surface area (Å²) < 4.78 is 10.4. The summed E-state index contributed by atoms with van der Waals surface area (Å²) in [6, 6.07) is 15.3. The topological polar surface area (TPSA) is 71.1 Å². The number of methoxy groups -OCH3 is 2. The van der Waals surface area contributed by atoms with Crippen LogP contribution >= 0.6 is 0 Å². The number of nitrogens with one attached hydrogen (secondary N) is 1. The lowest BCUT2D eigenvalue weighted by Crippen LogP contribution is -2.49. The summed E-state index contributed by atoms with van der Waals surface area (Å²) in [6.45, 7) is 5.56. The summed E-state index contributed by atoms with van der Waals surface area (Å²) >= 11 is 0. The highest BCUT2D eigenvalue weighted by atomic mass is 16.5. The van der Waals surface area contributed by atoms with Gasteiger partial charge in [0.2, 0.25) is 11.8 Å². The maximum atomic E-state index is 13.0. The molecule has 172 valence electrons. The molecule has 1 unspecified atom stereocenters. The molecule has 2 aromatic rings. The number of carbonyl (C=O) groups is 2. The zero-order chi connectivity index (χ0) is 22.9. The Morgan fingerprint density at radius 1 is 0.906 bits per heavy atom. The second-order valence-electron chi connectivity index (χ2n) is 8.05. The first-order valence-electron chi connectivity index (χ1n) is 11.0. The zero-order valence-corrected chi connectivity index (χ0v) is 19.2. The molecular weight excluding hydrogens is 406 g/mol. The van der Waals surface area contributed by atoms with Gasteiger partial charge in [-0.25, -0.2) is 0 Å². The first-order chi connectivity index (χ1) is 15.5. The van der Waals surface area contributed by atoms with E-state index in [9.17, 15) is 9.59 Å². The molecule has 0 aliphatic carbocycles. The largest absolute Gasteiger partial charge is 0.497 e. The van der Waals surface area contributed by atoms with Crippen LogP contribution in [0.3, 0.4) is 0 Å². The Morgan fingerprint density at radius 2 is 1.47 bits per heavy atom. The van der Waals surface area contributed by atoms with E-state index in [-0.39, 0.29) is 24.3 Å². The van der Waals surface area contributed by atoms with Crippen LogP contribution in [0, 0.1) is 0 Å². The first kappa shape index (κ1) is 23.6. The van der Waals surface area contributed by atoms with Crippen LogP contribution in [-0.4, -0.2) is 68.6 Å². The molecule has 0 bridgehead atoms. The Labute approximate surface area is 190 Å². The quantitative estimate of drug-likeness (QED) is 0.651. The van der Waals surface area contributed by atoms with Crippen molar-refractivity contribution in [2.75, 3.05) is 46.9 Å². The van der Waals surface area contributed by atoms with Crippen molar-refractivity contribution >= 4 is 11.8 Å². The Bertz CT molecular complexity index is 875. The van der Waals surface area contributed by atoms with Crippen molar-refractivity contribution in [1.29, 1.82) is 0 Å². The van der Waals surface area contributed by atoms with Crippen molar-refractivity contribution in [2.45, 2.75) is 25.8 Å². The molecule has 1 atom stereocenters. The Kier molecular flexibility index (Phi) is 8.50. The number of amides is 2. The Morgan fingerprint density at radius 3 is 2.00 bits per heavy atom. The van der Waals surface area contributed by atoms with Gasteiger partial charge in [0.25, 0.3) is 0 Å². The van der Waals surface area contributed by atoms with E-state index in [0.29, 0.717) is 13.1 Å². The smallest absolute Gasteiger partial charge is 0.225 e. The van der Waals surface area contributed by atoms with E-state index in [2.05, 4.69) is 22.3 Å².